The molecule has 0 aromatic heterocycles. The SMILES string of the molecule is COC(=O)C12CCC(C)(C)C(O)C1C1=CCC3C4(C)CC(O)C(O)C(C)(C)C4CCC3(C)C1(C)CC2. The highest BCUT2D eigenvalue weighted by Crippen LogP contribution is 2.75. The van der Waals surface area contributed by atoms with Gasteiger partial charge < -0.3 is 20.1 Å². The lowest BCUT2D eigenvalue weighted by Gasteiger charge is -2.71. The third-order valence-corrected chi connectivity index (χ3v) is 13.4. The van der Waals surface area contributed by atoms with Gasteiger partial charge in [0.25, 0.3) is 0 Å². The van der Waals surface area contributed by atoms with Crippen molar-refractivity contribution in [3.05, 3.63) is 11.6 Å². The molecular formula is C31H50O5. The van der Waals surface area contributed by atoms with Gasteiger partial charge in [-0.3, -0.25) is 4.79 Å². The fourth-order valence-electron chi connectivity index (χ4n) is 10.9. The molecule has 0 saturated heterocycles. The smallest absolute Gasteiger partial charge is 0.312 e. The largest absolute Gasteiger partial charge is 0.469 e. The first-order valence-corrected chi connectivity index (χ1v) is 14.4. The number of aliphatic hydroxyl groups is 3. The zero-order valence-electron chi connectivity index (χ0n) is 23.9. The van der Waals surface area contributed by atoms with E-state index < -0.39 is 23.7 Å². The molecule has 0 bridgehead atoms. The van der Waals surface area contributed by atoms with Crippen LogP contribution in [0.25, 0.3) is 0 Å². The van der Waals surface area contributed by atoms with Crippen LogP contribution in [0.1, 0.15) is 99.8 Å². The quantitative estimate of drug-likeness (QED) is 0.336. The summed E-state index contributed by atoms with van der Waals surface area (Å²) >= 11 is 0. The molecule has 10 unspecified atom stereocenters. The Labute approximate surface area is 218 Å². The van der Waals surface area contributed by atoms with Gasteiger partial charge in [0.1, 0.15) is 0 Å². The van der Waals surface area contributed by atoms with Crippen LogP contribution >= 0.6 is 0 Å². The van der Waals surface area contributed by atoms with Crippen LogP contribution in [0.2, 0.25) is 0 Å². The Morgan fingerprint density at radius 1 is 0.889 bits per heavy atom. The summed E-state index contributed by atoms with van der Waals surface area (Å²) in [7, 11) is 1.49. The topological polar surface area (TPSA) is 87.0 Å². The molecule has 5 aliphatic carbocycles. The number of carbonyl (C=O) groups excluding carboxylic acids is 1. The predicted octanol–water partition coefficient (Wildman–Crippen LogP) is 5.26. The first-order valence-electron chi connectivity index (χ1n) is 14.4. The van der Waals surface area contributed by atoms with Gasteiger partial charge in [0, 0.05) is 5.92 Å². The number of rotatable bonds is 1. The monoisotopic (exact) mass is 502 g/mol. The molecule has 0 aromatic carbocycles. The second kappa shape index (κ2) is 7.82. The summed E-state index contributed by atoms with van der Waals surface area (Å²) in [6, 6.07) is 0. The maximum Gasteiger partial charge on any atom is 0.312 e. The third kappa shape index (κ3) is 3.03. The lowest BCUT2D eigenvalue weighted by atomic mass is 9.33. The number of esters is 1. The van der Waals surface area contributed by atoms with E-state index in [-0.39, 0.29) is 39.0 Å². The Balaban J connectivity index is 1.63. The number of carbonyl (C=O) groups is 1. The molecule has 5 nitrogen and oxygen atoms in total. The summed E-state index contributed by atoms with van der Waals surface area (Å²) < 4.78 is 5.41. The van der Waals surface area contributed by atoms with E-state index >= 15 is 0 Å². The maximum absolute atomic E-state index is 13.4. The van der Waals surface area contributed by atoms with Crippen molar-refractivity contribution in [1.82, 2.24) is 0 Å². The molecule has 0 aliphatic heterocycles. The summed E-state index contributed by atoms with van der Waals surface area (Å²) in [5, 5.41) is 33.8. The molecule has 10 atom stereocenters. The Bertz CT molecular complexity index is 968. The van der Waals surface area contributed by atoms with Gasteiger partial charge in [-0.1, -0.05) is 60.1 Å². The van der Waals surface area contributed by atoms with Gasteiger partial charge in [-0.25, -0.2) is 0 Å². The molecule has 0 radical (unpaired) electrons. The molecule has 5 aliphatic rings. The van der Waals surface area contributed by atoms with E-state index in [4.69, 9.17) is 4.74 Å². The number of fused-ring (bicyclic) bond motifs is 7. The van der Waals surface area contributed by atoms with Crippen molar-refractivity contribution < 1.29 is 24.9 Å². The van der Waals surface area contributed by atoms with Crippen molar-refractivity contribution in [1.29, 1.82) is 0 Å². The molecule has 0 amide bonds. The Hall–Kier alpha value is -0.910. The summed E-state index contributed by atoms with van der Waals surface area (Å²) in [6.07, 6.45) is 7.28. The molecular weight excluding hydrogens is 452 g/mol. The third-order valence-electron chi connectivity index (χ3n) is 13.4. The standard InChI is InChI=1S/C31H50O5/c1-26(2)13-15-31(25(35)36-8)16-14-29(6)18(22(31)24(26)34)9-10-21-28(5)17-19(32)23(33)27(3,4)20(28)11-12-30(21,29)7/h9,19-24,32-34H,10-17H2,1-8H3. The number of allylic oxidation sites excluding steroid dienone is 1. The van der Waals surface area contributed by atoms with E-state index in [1.165, 1.54) is 12.7 Å². The molecule has 0 heterocycles. The highest BCUT2D eigenvalue weighted by Gasteiger charge is 2.71. The van der Waals surface area contributed by atoms with Gasteiger partial charge in [0.2, 0.25) is 0 Å². The van der Waals surface area contributed by atoms with E-state index in [0.717, 1.165) is 44.9 Å². The minimum Gasteiger partial charge on any atom is -0.469 e. The molecule has 3 N–H and O–H groups in total. The fraction of sp³-hybridized carbons (Fsp3) is 0.903. The van der Waals surface area contributed by atoms with E-state index in [1.807, 2.05) is 0 Å². The molecule has 204 valence electrons. The normalized spacial score (nSPS) is 53.1. The van der Waals surface area contributed by atoms with Gasteiger partial charge in [0.15, 0.2) is 0 Å². The summed E-state index contributed by atoms with van der Waals surface area (Å²) in [6.45, 7) is 15.8. The number of hydrogen-bond acceptors (Lipinski definition) is 5. The highest BCUT2D eigenvalue weighted by molar-refractivity contribution is 5.79. The van der Waals surface area contributed by atoms with Crippen LogP contribution < -0.4 is 0 Å². The van der Waals surface area contributed by atoms with Crippen LogP contribution in [0.4, 0.5) is 0 Å². The zero-order valence-corrected chi connectivity index (χ0v) is 23.9. The van der Waals surface area contributed by atoms with Crippen LogP contribution in [0.3, 0.4) is 0 Å². The van der Waals surface area contributed by atoms with Crippen molar-refractivity contribution in [3.63, 3.8) is 0 Å². The second-order valence-corrected chi connectivity index (χ2v) is 15.4. The summed E-state index contributed by atoms with van der Waals surface area (Å²) in [5.41, 5.74) is -0.176. The van der Waals surface area contributed by atoms with Crippen LogP contribution in [0.15, 0.2) is 11.6 Å². The van der Waals surface area contributed by atoms with Crippen LogP contribution in [-0.4, -0.2) is 46.7 Å². The van der Waals surface area contributed by atoms with E-state index in [9.17, 15) is 20.1 Å². The first-order chi connectivity index (χ1) is 16.5. The van der Waals surface area contributed by atoms with Crippen molar-refractivity contribution in [2.45, 2.75) is 118 Å². The Morgan fingerprint density at radius 3 is 2.17 bits per heavy atom. The molecule has 5 heteroatoms. The molecule has 36 heavy (non-hydrogen) atoms. The first kappa shape index (κ1) is 26.7. The average Bonchev–Trinajstić information content (AvgIpc) is 2.80. The minimum atomic E-state index is -0.707. The number of methoxy groups -OCH3 is 1. The Morgan fingerprint density at radius 2 is 1.53 bits per heavy atom. The molecule has 4 fully saturated rings. The second-order valence-electron chi connectivity index (χ2n) is 15.4. The Kier molecular flexibility index (Phi) is 5.80. The highest BCUT2D eigenvalue weighted by atomic mass is 16.5. The fourth-order valence-corrected chi connectivity index (χ4v) is 10.9. The van der Waals surface area contributed by atoms with Gasteiger partial charge >= 0.3 is 5.97 Å². The van der Waals surface area contributed by atoms with E-state index in [1.54, 1.807) is 0 Å². The molecule has 0 aromatic rings. The molecule has 4 saturated carbocycles. The van der Waals surface area contributed by atoms with Gasteiger partial charge in [0.05, 0.1) is 30.8 Å². The number of hydrogen-bond donors (Lipinski definition) is 3. The summed E-state index contributed by atoms with van der Waals surface area (Å²) in [5.74, 6) is 0.348. The van der Waals surface area contributed by atoms with Gasteiger partial charge in [-0.2, -0.15) is 0 Å². The predicted molar refractivity (Wildman–Crippen MR) is 140 cm³/mol. The molecule has 0 spiro atoms. The van der Waals surface area contributed by atoms with Crippen molar-refractivity contribution >= 4 is 5.97 Å². The van der Waals surface area contributed by atoms with Crippen LogP contribution in [0, 0.1) is 50.2 Å². The number of aliphatic hydroxyl groups excluding tert-OH is 3. The summed E-state index contributed by atoms with van der Waals surface area (Å²) in [4.78, 5) is 13.4. The maximum atomic E-state index is 13.4. The minimum absolute atomic E-state index is 0.00991. The van der Waals surface area contributed by atoms with E-state index in [2.05, 4.69) is 54.5 Å². The van der Waals surface area contributed by atoms with E-state index in [0.29, 0.717) is 18.3 Å². The molecule has 5 rings (SSSR count). The average molecular weight is 503 g/mol. The number of ether oxygens (including phenoxy) is 1. The van der Waals surface area contributed by atoms with Crippen molar-refractivity contribution in [3.8, 4) is 0 Å². The van der Waals surface area contributed by atoms with Crippen molar-refractivity contribution in [2.24, 2.45) is 50.2 Å². The van der Waals surface area contributed by atoms with Crippen LogP contribution in [-0.2, 0) is 9.53 Å². The lowest BCUT2D eigenvalue weighted by molar-refractivity contribution is -0.235. The van der Waals surface area contributed by atoms with Crippen LogP contribution in [0.5, 0.6) is 0 Å². The van der Waals surface area contributed by atoms with Crippen molar-refractivity contribution in [2.75, 3.05) is 7.11 Å². The lowest BCUT2D eigenvalue weighted by Crippen LogP contribution is -2.68. The van der Waals surface area contributed by atoms with Gasteiger partial charge in [-0.05, 0) is 90.3 Å². The van der Waals surface area contributed by atoms with Gasteiger partial charge in [-0.15, -0.1) is 0 Å². The zero-order chi connectivity index (χ0) is 26.7.